The summed E-state index contributed by atoms with van der Waals surface area (Å²) in [5.41, 5.74) is 7.47. The largest absolute Gasteiger partial charge is 0.495 e. The lowest BCUT2D eigenvalue weighted by molar-refractivity contribution is 0.389. The van der Waals surface area contributed by atoms with Crippen molar-refractivity contribution in [1.82, 2.24) is 0 Å². The molecule has 0 saturated carbocycles. The van der Waals surface area contributed by atoms with Gasteiger partial charge in [0.15, 0.2) is 0 Å². The van der Waals surface area contributed by atoms with Crippen molar-refractivity contribution < 1.29 is 9.47 Å². The first-order valence-electron chi connectivity index (χ1n) is 4.93. The predicted octanol–water partition coefficient (Wildman–Crippen LogP) is 2.83. The molecular formula is C12H16BrNO2. The van der Waals surface area contributed by atoms with Crippen molar-refractivity contribution in [2.75, 3.05) is 20.8 Å². The highest BCUT2D eigenvalue weighted by atomic mass is 79.9. The molecule has 0 radical (unpaired) electrons. The number of halogens is 1. The maximum atomic E-state index is 5.51. The second-order valence-electron chi connectivity index (χ2n) is 3.34. The Kier molecular flexibility index (Phi) is 4.83. The van der Waals surface area contributed by atoms with Crippen LogP contribution in [0.4, 0.5) is 0 Å². The monoisotopic (exact) mass is 285 g/mol. The summed E-state index contributed by atoms with van der Waals surface area (Å²) in [6.45, 7) is 4.57. The van der Waals surface area contributed by atoms with Crippen LogP contribution in [0.2, 0.25) is 0 Å². The van der Waals surface area contributed by atoms with Gasteiger partial charge in [0.05, 0.1) is 14.2 Å². The van der Waals surface area contributed by atoms with Gasteiger partial charge in [0.2, 0.25) is 0 Å². The molecule has 0 spiro atoms. The minimum absolute atomic E-state index is 0.583. The first-order chi connectivity index (χ1) is 7.63. The molecule has 16 heavy (non-hydrogen) atoms. The van der Waals surface area contributed by atoms with Crippen LogP contribution in [0.3, 0.4) is 0 Å². The quantitative estimate of drug-likeness (QED) is 0.905. The fourth-order valence-electron chi connectivity index (χ4n) is 1.39. The Labute approximate surface area is 104 Å². The Hall–Kier alpha value is -1.00. The van der Waals surface area contributed by atoms with Crippen molar-refractivity contribution in [1.29, 1.82) is 0 Å². The minimum Gasteiger partial charge on any atom is -0.495 e. The first-order valence-corrected chi connectivity index (χ1v) is 5.73. The number of rotatable bonds is 5. The molecular weight excluding hydrogens is 270 g/mol. The maximum absolute atomic E-state index is 5.51. The summed E-state index contributed by atoms with van der Waals surface area (Å²) >= 11 is 3.42. The highest BCUT2D eigenvalue weighted by molar-refractivity contribution is 9.10. The molecule has 0 atom stereocenters. The van der Waals surface area contributed by atoms with Gasteiger partial charge in [-0.15, -0.1) is 0 Å². The summed E-state index contributed by atoms with van der Waals surface area (Å²) in [5, 5.41) is 0. The van der Waals surface area contributed by atoms with Crippen LogP contribution in [0.5, 0.6) is 11.5 Å². The predicted molar refractivity (Wildman–Crippen MR) is 70.0 cm³/mol. The number of ether oxygens (including phenoxy) is 2. The van der Waals surface area contributed by atoms with Gasteiger partial charge < -0.3 is 15.2 Å². The molecule has 4 heteroatoms. The molecule has 3 nitrogen and oxygen atoms in total. The Morgan fingerprint density at radius 2 is 1.81 bits per heavy atom. The van der Waals surface area contributed by atoms with Gasteiger partial charge in [-0.05, 0) is 52.2 Å². The molecule has 0 aliphatic carbocycles. The van der Waals surface area contributed by atoms with Gasteiger partial charge in [-0.1, -0.05) is 6.58 Å². The number of hydrogen-bond acceptors (Lipinski definition) is 3. The van der Waals surface area contributed by atoms with Crippen LogP contribution in [0.25, 0.3) is 5.57 Å². The van der Waals surface area contributed by atoms with Crippen molar-refractivity contribution in [3.05, 3.63) is 28.7 Å². The van der Waals surface area contributed by atoms with E-state index in [1.165, 1.54) is 0 Å². The molecule has 0 amide bonds. The van der Waals surface area contributed by atoms with Crippen LogP contribution in [-0.2, 0) is 0 Å². The maximum Gasteiger partial charge on any atom is 0.137 e. The fraction of sp³-hybridized carbons (Fsp3) is 0.333. The van der Waals surface area contributed by atoms with Crippen molar-refractivity contribution in [2.45, 2.75) is 6.42 Å². The molecule has 0 unspecified atom stereocenters. The van der Waals surface area contributed by atoms with E-state index in [-0.39, 0.29) is 0 Å². The highest BCUT2D eigenvalue weighted by Gasteiger charge is 2.11. The lowest BCUT2D eigenvalue weighted by Gasteiger charge is -2.12. The average molecular weight is 286 g/mol. The number of benzene rings is 1. The topological polar surface area (TPSA) is 44.5 Å². The molecule has 0 aliphatic heterocycles. The SMILES string of the molecule is C=C(CCN)c1cc(OC)c(Br)c(OC)c1. The van der Waals surface area contributed by atoms with Crippen LogP contribution in [0, 0.1) is 0 Å². The average Bonchev–Trinajstić information content (AvgIpc) is 2.29. The molecule has 0 bridgehead atoms. The van der Waals surface area contributed by atoms with Gasteiger partial charge in [-0.3, -0.25) is 0 Å². The zero-order chi connectivity index (χ0) is 12.1. The molecule has 0 fully saturated rings. The number of nitrogens with two attached hydrogens (primary N) is 1. The Morgan fingerprint density at radius 3 is 2.19 bits per heavy atom. The molecule has 0 saturated heterocycles. The summed E-state index contributed by atoms with van der Waals surface area (Å²) in [6.07, 6.45) is 0.758. The summed E-state index contributed by atoms with van der Waals surface area (Å²) in [4.78, 5) is 0. The third-order valence-corrected chi connectivity index (χ3v) is 3.08. The molecule has 88 valence electrons. The van der Waals surface area contributed by atoms with Gasteiger partial charge in [0, 0.05) is 0 Å². The minimum atomic E-state index is 0.583. The molecule has 1 aromatic rings. The second-order valence-corrected chi connectivity index (χ2v) is 4.13. The van der Waals surface area contributed by atoms with Crippen molar-refractivity contribution >= 4 is 21.5 Å². The molecule has 2 N–H and O–H groups in total. The van der Waals surface area contributed by atoms with Gasteiger partial charge in [-0.25, -0.2) is 0 Å². The third-order valence-electron chi connectivity index (χ3n) is 2.30. The number of methoxy groups -OCH3 is 2. The van der Waals surface area contributed by atoms with Crippen LogP contribution in [0.1, 0.15) is 12.0 Å². The van der Waals surface area contributed by atoms with Gasteiger partial charge >= 0.3 is 0 Å². The van der Waals surface area contributed by atoms with Gasteiger partial charge in [-0.2, -0.15) is 0 Å². The molecule has 0 heterocycles. The standard InChI is InChI=1S/C12H16BrNO2/c1-8(4-5-14)9-6-10(15-2)12(13)11(7-9)16-3/h6-7H,1,4-5,14H2,2-3H3. The third kappa shape index (κ3) is 2.77. The molecule has 0 aromatic heterocycles. The highest BCUT2D eigenvalue weighted by Crippen LogP contribution is 2.37. The fourth-order valence-corrected chi connectivity index (χ4v) is 1.94. The van der Waals surface area contributed by atoms with E-state index >= 15 is 0 Å². The summed E-state index contributed by atoms with van der Waals surface area (Å²) in [5.74, 6) is 1.46. The lowest BCUT2D eigenvalue weighted by atomic mass is 10.0. The van der Waals surface area contributed by atoms with Crippen LogP contribution >= 0.6 is 15.9 Å². The van der Waals surface area contributed by atoms with Crippen LogP contribution < -0.4 is 15.2 Å². The molecule has 0 aliphatic rings. The zero-order valence-electron chi connectivity index (χ0n) is 9.55. The Balaban J connectivity index is 3.16. The van der Waals surface area contributed by atoms with Gasteiger partial charge in [0.25, 0.3) is 0 Å². The lowest BCUT2D eigenvalue weighted by Crippen LogP contribution is -2.00. The van der Waals surface area contributed by atoms with Crippen molar-refractivity contribution in [3.63, 3.8) is 0 Å². The van der Waals surface area contributed by atoms with E-state index in [9.17, 15) is 0 Å². The van der Waals surface area contributed by atoms with E-state index in [1.807, 2.05) is 12.1 Å². The molecule has 1 aromatic carbocycles. The van der Waals surface area contributed by atoms with E-state index in [0.29, 0.717) is 6.54 Å². The van der Waals surface area contributed by atoms with E-state index in [1.54, 1.807) is 14.2 Å². The van der Waals surface area contributed by atoms with Crippen molar-refractivity contribution in [3.8, 4) is 11.5 Å². The Bertz CT molecular complexity index is 366. The van der Waals surface area contributed by atoms with Gasteiger partial charge in [0.1, 0.15) is 16.0 Å². The summed E-state index contributed by atoms with van der Waals surface area (Å²) < 4.78 is 11.3. The smallest absolute Gasteiger partial charge is 0.137 e. The van der Waals surface area contributed by atoms with E-state index in [0.717, 1.165) is 33.5 Å². The summed E-state index contributed by atoms with van der Waals surface area (Å²) in [6, 6.07) is 3.84. The zero-order valence-corrected chi connectivity index (χ0v) is 11.1. The summed E-state index contributed by atoms with van der Waals surface area (Å²) in [7, 11) is 3.24. The second kappa shape index (κ2) is 5.92. The van der Waals surface area contributed by atoms with Crippen LogP contribution in [0.15, 0.2) is 23.2 Å². The Morgan fingerprint density at radius 1 is 1.31 bits per heavy atom. The van der Waals surface area contributed by atoms with Crippen LogP contribution in [-0.4, -0.2) is 20.8 Å². The first kappa shape index (κ1) is 13.1. The van der Waals surface area contributed by atoms with E-state index < -0.39 is 0 Å². The van der Waals surface area contributed by atoms with E-state index in [2.05, 4.69) is 22.5 Å². The molecule has 1 rings (SSSR count). The van der Waals surface area contributed by atoms with E-state index in [4.69, 9.17) is 15.2 Å². The van der Waals surface area contributed by atoms with Crippen molar-refractivity contribution in [2.24, 2.45) is 5.73 Å². The number of hydrogen-bond donors (Lipinski definition) is 1. The normalized spacial score (nSPS) is 10.0.